The van der Waals surface area contributed by atoms with Gasteiger partial charge in [-0.05, 0) is 30.5 Å². The number of nitriles is 1. The summed E-state index contributed by atoms with van der Waals surface area (Å²) in [7, 11) is 0. The zero-order valence-electron chi connectivity index (χ0n) is 11.4. The zero-order chi connectivity index (χ0) is 13.5. The third kappa shape index (κ3) is 3.75. The lowest BCUT2D eigenvalue weighted by atomic mass is 9.96. The summed E-state index contributed by atoms with van der Waals surface area (Å²) in [5.74, 6) is 0.313. The van der Waals surface area contributed by atoms with Crippen LogP contribution in [0.2, 0.25) is 0 Å². The minimum absolute atomic E-state index is 0.313. The van der Waals surface area contributed by atoms with Gasteiger partial charge in [0.05, 0.1) is 17.4 Å². The van der Waals surface area contributed by atoms with Crippen LogP contribution in [0.5, 0.6) is 0 Å². The first kappa shape index (κ1) is 14.5. The third-order valence-electron chi connectivity index (χ3n) is 3.39. The summed E-state index contributed by atoms with van der Waals surface area (Å²) in [6.07, 6.45) is 1.57. The van der Waals surface area contributed by atoms with Gasteiger partial charge in [-0.25, -0.2) is 0 Å². The summed E-state index contributed by atoms with van der Waals surface area (Å²) >= 11 is 0. The Bertz CT molecular complexity index is 419. The number of aliphatic hydroxyl groups excluding tert-OH is 1. The van der Waals surface area contributed by atoms with Gasteiger partial charge in [-0.3, -0.25) is 0 Å². The Kier molecular flexibility index (Phi) is 5.67. The van der Waals surface area contributed by atoms with Crippen LogP contribution in [-0.4, -0.2) is 17.8 Å². The first-order chi connectivity index (χ1) is 8.62. The molecule has 0 spiro atoms. The van der Waals surface area contributed by atoms with Crippen LogP contribution in [0.4, 0.5) is 5.69 Å². The van der Waals surface area contributed by atoms with E-state index in [1.807, 2.05) is 19.1 Å². The maximum Gasteiger partial charge on any atom is 0.101 e. The topological polar surface area (TPSA) is 56.0 Å². The highest BCUT2D eigenvalue weighted by atomic mass is 16.3. The van der Waals surface area contributed by atoms with Crippen molar-refractivity contribution >= 4 is 5.69 Å². The van der Waals surface area contributed by atoms with Crippen molar-refractivity contribution in [3.63, 3.8) is 0 Å². The van der Waals surface area contributed by atoms with Crippen LogP contribution >= 0.6 is 0 Å². The molecule has 0 bridgehead atoms. The number of anilines is 1. The quantitative estimate of drug-likeness (QED) is 0.811. The van der Waals surface area contributed by atoms with Crippen LogP contribution in [0.15, 0.2) is 18.2 Å². The Hall–Kier alpha value is -1.53. The number of aliphatic hydroxyl groups is 1. The fraction of sp³-hybridized carbons (Fsp3) is 0.533. The molecule has 0 aromatic heterocycles. The van der Waals surface area contributed by atoms with E-state index < -0.39 is 0 Å². The molecule has 0 aliphatic heterocycles. The average molecular weight is 246 g/mol. The molecule has 18 heavy (non-hydrogen) atoms. The van der Waals surface area contributed by atoms with Crippen LogP contribution < -0.4 is 5.32 Å². The lowest BCUT2D eigenvalue weighted by molar-refractivity contribution is 0.114. The van der Waals surface area contributed by atoms with E-state index in [0.29, 0.717) is 18.0 Å². The van der Waals surface area contributed by atoms with Crippen LogP contribution in [0.3, 0.4) is 0 Å². The highest BCUT2D eigenvalue weighted by Gasteiger charge is 2.15. The molecule has 1 unspecified atom stereocenters. The molecule has 0 heterocycles. The predicted octanol–water partition coefficient (Wildman–Crippen LogP) is 3.08. The van der Waals surface area contributed by atoms with E-state index >= 15 is 0 Å². The predicted molar refractivity (Wildman–Crippen MR) is 74.5 cm³/mol. The largest absolute Gasteiger partial charge is 0.391 e. The number of hydrogen-bond acceptors (Lipinski definition) is 3. The van der Waals surface area contributed by atoms with Gasteiger partial charge in [0.25, 0.3) is 0 Å². The van der Waals surface area contributed by atoms with Crippen LogP contribution in [0, 0.1) is 24.2 Å². The second-order valence-electron chi connectivity index (χ2n) is 4.69. The number of aryl methyl sites for hydroxylation is 1. The molecule has 0 saturated carbocycles. The number of nitrogens with zero attached hydrogens (tertiary/aromatic N) is 1. The Labute approximate surface area is 109 Å². The number of rotatable bonds is 6. The molecule has 0 amide bonds. The van der Waals surface area contributed by atoms with Gasteiger partial charge in [0.1, 0.15) is 6.07 Å². The minimum atomic E-state index is -0.368. The summed E-state index contributed by atoms with van der Waals surface area (Å²) in [5, 5.41) is 22.3. The monoisotopic (exact) mass is 246 g/mol. The molecule has 1 aromatic rings. The molecule has 0 saturated heterocycles. The standard InChI is InChI=1S/C15H22N2O/c1-4-12(5-2)15(18)10-17-14-8-11(3)6-7-13(14)9-16/h6-8,12,15,17-18H,4-5,10H2,1-3H3. The summed E-state index contributed by atoms with van der Waals surface area (Å²) in [6, 6.07) is 7.83. The molecular weight excluding hydrogens is 224 g/mol. The molecule has 1 aromatic carbocycles. The van der Waals surface area contributed by atoms with Gasteiger partial charge in [0.2, 0.25) is 0 Å². The average Bonchev–Trinajstić information content (AvgIpc) is 2.38. The van der Waals surface area contributed by atoms with E-state index in [4.69, 9.17) is 5.26 Å². The van der Waals surface area contributed by atoms with Crippen molar-refractivity contribution < 1.29 is 5.11 Å². The molecule has 3 heteroatoms. The normalized spacial score (nSPS) is 12.2. The van der Waals surface area contributed by atoms with Crippen LogP contribution in [0.1, 0.15) is 37.8 Å². The molecular formula is C15H22N2O. The van der Waals surface area contributed by atoms with E-state index in [9.17, 15) is 5.11 Å². The lowest BCUT2D eigenvalue weighted by Gasteiger charge is -2.21. The second kappa shape index (κ2) is 7.03. The molecule has 1 rings (SSSR count). The molecule has 1 atom stereocenters. The van der Waals surface area contributed by atoms with E-state index in [-0.39, 0.29) is 6.10 Å². The third-order valence-corrected chi connectivity index (χ3v) is 3.39. The highest BCUT2D eigenvalue weighted by molar-refractivity contribution is 5.58. The second-order valence-corrected chi connectivity index (χ2v) is 4.69. The molecule has 0 aliphatic carbocycles. The minimum Gasteiger partial charge on any atom is -0.391 e. The molecule has 2 N–H and O–H groups in total. The summed E-state index contributed by atoms with van der Waals surface area (Å²) < 4.78 is 0. The van der Waals surface area contributed by atoms with E-state index in [1.165, 1.54) is 0 Å². The van der Waals surface area contributed by atoms with Crippen molar-refractivity contribution in [2.75, 3.05) is 11.9 Å². The fourth-order valence-corrected chi connectivity index (χ4v) is 2.12. The van der Waals surface area contributed by atoms with Gasteiger partial charge in [-0.15, -0.1) is 0 Å². The Morgan fingerprint density at radius 2 is 2.00 bits per heavy atom. The lowest BCUT2D eigenvalue weighted by Crippen LogP contribution is -2.27. The maximum absolute atomic E-state index is 10.1. The van der Waals surface area contributed by atoms with Crippen molar-refractivity contribution in [3.8, 4) is 6.07 Å². The molecule has 0 fully saturated rings. The number of hydrogen-bond donors (Lipinski definition) is 2. The van der Waals surface area contributed by atoms with E-state index in [2.05, 4.69) is 25.2 Å². The van der Waals surface area contributed by atoms with Gasteiger partial charge >= 0.3 is 0 Å². The Balaban J connectivity index is 2.68. The van der Waals surface area contributed by atoms with Crippen molar-refractivity contribution in [2.45, 2.75) is 39.7 Å². The van der Waals surface area contributed by atoms with Gasteiger partial charge in [-0.1, -0.05) is 32.8 Å². The van der Waals surface area contributed by atoms with Crippen molar-refractivity contribution in [2.24, 2.45) is 5.92 Å². The van der Waals surface area contributed by atoms with Crippen LogP contribution in [0.25, 0.3) is 0 Å². The maximum atomic E-state index is 10.1. The van der Waals surface area contributed by atoms with Crippen molar-refractivity contribution in [1.29, 1.82) is 5.26 Å². The summed E-state index contributed by atoms with van der Waals surface area (Å²) in [6.45, 7) is 6.66. The van der Waals surface area contributed by atoms with E-state index in [1.54, 1.807) is 6.07 Å². The number of nitrogens with one attached hydrogen (secondary N) is 1. The first-order valence-electron chi connectivity index (χ1n) is 6.55. The van der Waals surface area contributed by atoms with Crippen molar-refractivity contribution in [3.05, 3.63) is 29.3 Å². The highest BCUT2D eigenvalue weighted by Crippen LogP contribution is 2.18. The molecule has 3 nitrogen and oxygen atoms in total. The summed E-state index contributed by atoms with van der Waals surface area (Å²) in [5.41, 5.74) is 2.54. The molecule has 0 radical (unpaired) electrons. The van der Waals surface area contributed by atoms with Gasteiger partial charge in [0.15, 0.2) is 0 Å². The Morgan fingerprint density at radius 1 is 1.33 bits per heavy atom. The van der Waals surface area contributed by atoms with Gasteiger partial charge < -0.3 is 10.4 Å². The fourth-order valence-electron chi connectivity index (χ4n) is 2.12. The molecule has 98 valence electrons. The zero-order valence-corrected chi connectivity index (χ0v) is 11.4. The van der Waals surface area contributed by atoms with Crippen LogP contribution in [-0.2, 0) is 0 Å². The van der Waals surface area contributed by atoms with Gasteiger partial charge in [0, 0.05) is 6.54 Å². The SMILES string of the molecule is CCC(CC)C(O)CNc1cc(C)ccc1C#N. The van der Waals surface area contributed by atoms with Gasteiger partial charge in [-0.2, -0.15) is 5.26 Å². The van der Waals surface area contributed by atoms with Crippen molar-refractivity contribution in [1.82, 2.24) is 0 Å². The summed E-state index contributed by atoms with van der Waals surface area (Å²) in [4.78, 5) is 0. The Morgan fingerprint density at radius 3 is 2.56 bits per heavy atom. The smallest absolute Gasteiger partial charge is 0.101 e. The van der Waals surface area contributed by atoms with E-state index in [0.717, 1.165) is 24.1 Å². The first-order valence-corrected chi connectivity index (χ1v) is 6.55. The number of benzene rings is 1. The molecule has 0 aliphatic rings.